The minimum absolute atomic E-state index is 0.312. The highest BCUT2D eigenvalue weighted by molar-refractivity contribution is 9.10. The molecule has 1 unspecified atom stereocenters. The number of aromatic nitrogens is 1. The average Bonchev–Trinajstić information content (AvgIpc) is 2.40. The number of hydrogen-bond donors (Lipinski definition) is 1. The Morgan fingerprint density at radius 2 is 1.39 bits per heavy atom. The van der Waals surface area contributed by atoms with Crippen molar-refractivity contribution in [2.24, 2.45) is 0 Å². The molecule has 2 aromatic rings. The SMILES string of the molecule is CC(N[C@H](C)c1ccc(Br)cc1)c1ccncc1. The highest BCUT2D eigenvalue weighted by Gasteiger charge is 2.10. The normalized spacial score (nSPS) is 14.2. The van der Waals surface area contributed by atoms with Crippen LogP contribution >= 0.6 is 15.9 Å². The molecule has 0 aliphatic heterocycles. The average molecular weight is 305 g/mol. The molecular weight excluding hydrogens is 288 g/mol. The Bertz CT molecular complexity index is 482. The van der Waals surface area contributed by atoms with E-state index in [0.29, 0.717) is 12.1 Å². The number of nitrogens with zero attached hydrogens (tertiary/aromatic N) is 1. The fourth-order valence-electron chi connectivity index (χ4n) is 1.97. The van der Waals surface area contributed by atoms with Gasteiger partial charge in [0.25, 0.3) is 0 Å². The molecule has 2 atom stereocenters. The third-order valence-electron chi connectivity index (χ3n) is 3.08. The smallest absolute Gasteiger partial charge is 0.0298 e. The van der Waals surface area contributed by atoms with Crippen LogP contribution in [0.3, 0.4) is 0 Å². The quantitative estimate of drug-likeness (QED) is 0.913. The van der Waals surface area contributed by atoms with E-state index >= 15 is 0 Å². The molecule has 0 spiro atoms. The van der Waals surface area contributed by atoms with Gasteiger partial charge in [0.05, 0.1) is 0 Å². The molecule has 94 valence electrons. The molecule has 0 saturated heterocycles. The Kier molecular flexibility index (Phi) is 4.50. The van der Waals surface area contributed by atoms with Gasteiger partial charge in [-0.05, 0) is 49.2 Å². The maximum Gasteiger partial charge on any atom is 0.0298 e. The van der Waals surface area contributed by atoms with Crippen molar-refractivity contribution in [2.45, 2.75) is 25.9 Å². The Labute approximate surface area is 117 Å². The molecule has 3 heteroatoms. The summed E-state index contributed by atoms with van der Waals surface area (Å²) in [5, 5.41) is 3.59. The zero-order valence-corrected chi connectivity index (χ0v) is 12.2. The zero-order valence-electron chi connectivity index (χ0n) is 10.6. The fraction of sp³-hybridized carbons (Fsp3) is 0.267. The monoisotopic (exact) mass is 304 g/mol. The van der Waals surface area contributed by atoms with Gasteiger partial charge in [-0.25, -0.2) is 0 Å². The molecule has 1 aromatic carbocycles. The largest absolute Gasteiger partial charge is 0.304 e. The second kappa shape index (κ2) is 6.12. The van der Waals surface area contributed by atoms with Crippen molar-refractivity contribution in [2.75, 3.05) is 0 Å². The van der Waals surface area contributed by atoms with E-state index in [-0.39, 0.29) is 0 Å². The topological polar surface area (TPSA) is 24.9 Å². The molecule has 2 rings (SSSR count). The molecule has 1 aromatic heterocycles. The van der Waals surface area contributed by atoms with Crippen LogP contribution in [0.2, 0.25) is 0 Å². The van der Waals surface area contributed by atoms with Gasteiger partial charge < -0.3 is 5.32 Å². The summed E-state index contributed by atoms with van der Waals surface area (Å²) < 4.78 is 1.11. The van der Waals surface area contributed by atoms with Gasteiger partial charge in [0.1, 0.15) is 0 Å². The summed E-state index contributed by atoms with van der Waals surface area (Å²) in [5.74, 6) is 0. The highest BCUT2D eigenvalue weighted by Crippen LogP contribution is 2.20. The molecule has 0 saturated carbocycles. The zero-order chi connectivity index (χ0) is 13.0. The van der Waals surface area contributed by atoms with Crippen LogP contribution in [0.1, 0.15) is 37.1 Å². The predicted molar refractivity (Wildman–Crippen MR) is 78.3 cm³/mol. The molecule has 0 bridgehead atoms. The summed E-state index contributed by atoms with van der Waals surface area (Å²) in [6, 6.07) is 13.2. The number of halogens is 1. The van der Waals surface area contributed by atoms with Gasteiger partial charge in [0.15, 0.2) is 0 Å². The number of benzene rings is 1. The van der Waals surface area contributed by atoms with Gasteiger partial charge in [0.2, 0.25) is 0 Å². The number of hydrogen-bond acceptors (Lipinski definition) is 2. The van der Waals surface area contributed by atoms with E-state index in [9.17, 15) is 0 Å². The van der Waals surface area contributed by atoms with Gasteiger partial charge in [-0.15, -0.1) is 0 Å². The number of nitrogens with one attached hydrogen (secondary N) is 1. The Morgan fingerprint density at radius 3 is 1.94 bits per heavy atom. The van der Waals surface area contributed by atoms with Crippen LogP contribution in [0.15, 0.2) is 53.3 Å². The van der Waals surface area contributed by atoms with E-state index < -0.39 is 0 Å². The van der Waals surface area contributed by atoms with Gasteiger partial charge in [-0.3, -0.25) is 4.98 Å². The third-order valence-corrected chi connectivity index (χ3v) is 3.60. The van der Waals surface area contributed by atoms with Crippen molar-refractivity contribution in [3.05, 3.63) is 64.4 Å². The first kappa shape index (κ1) is 13.2. The number of rotatable bonds is 4. The maximum absolute atomic E-state index is 4.04. The van der Waals surface area contributed by atoms with Crippen molar-refractivity contribution in [3.63, 3.8) is 0 Å². The second-order valence-corrected chi connectivity index (χ2v) is 5.36. The summed E-state index contributed by atoms with van der Waals surface area (Å²) >= 11 is 3.45. The van der Waals surface area contributed by atoms with Crippen LogP contribution in [0.25, 0.3) is 0 Å². The molecule has 0 aliphatic carbocycles. The molecular formula is C15H17BrN2. The van der Waals surface area contributed by atoms with Crippen molar-refractivity contribution >= 4 is 15.9 Å². The van der Waals surface area contributed by atoms with E-state index in [0.717, 1.165) is 4.47 Å². The Hall–Kier alpha value is -1.19. The van der Waals surface area contributed by atoms with Gasteiger partial charge in [-0.2, -0.15) is 0 Å². The fourth-order valence-corrected chi connectivity index (χ4v) is 2.24. The first-order valence-corrected chi connectivity index (χ1v) is 6.87. The summed E-state index contributed by atoms with van der Waals surface area (Å²) in [5.41, 5.74) is 2.55. The molecule has 0 radical (unpaired) electrons. The molecule has 1 N–H and O–H groups in total. The highest BCUT2D eigenvalue weighted by atomic mass is 79.9. The van der Waals surface area contributed by atoms with Crippen molar-refractivity contribution in [3.8, 4) is 0 Å². The molecule has 0 amide bonds. The molecule has 2 nitrogen and oxygen atoms in total. The van der Waals surface area contributed by atoms with Crippen LogP contribution in [0.4, 0.5) is 0 Å². The van der Waals surface area contributed by atoms with E-state index in [1.165, 1.54) is 11.1 Å². The molecule has 18 heavy (non-hydrogen) atoms. The predicted octanol–water partition coefficient (Wildman–Crippen LogP) is 4.26. The Balaban J connectivity index is 2.03. The van der Waals surface area contributed by atoms with Crippen LogP contribution in [0, 0.1) is 0 Å². The minimum atomic E-state index is 0.312. The summed E-state index contributed by atoms with van der Waals surface area (Å²) in [4.78, 5) is 4.04. The number of pyridine rings is 1. The van der Waals surface area contributed by atoms with Crippen LogP contribution in [0.5, 0.6) is 0 Å². The van der Waals surface area contributed by atoms with Crippen molar-refractivity contribution in [1.29, 1.82) is 0 Å². The minimum Gasteiger partial charge on any atom is -0.304 e. The standard InChI is InChI=1S/C15H17BrN2/c1-11(13-3-5-15(16)6-4-13)18-12(2)14-7-9-17-10-8-14/h3-12,18H,1-2H3/t11-,12?/m1/s1. The lowest BCUT2D eigenvalue weighted by molar-refractivity contribution is 0.494. The maximum atomic E-state index is 4.04. The molecule has 1 heterocycles. The lowest BCUT2D eigenvalue weighted by atomic mass is 10.1. The third kappa shape index (κ3) is 3.40. The van der Waals surface area contributed by atoms with Gasteiger partial charge in [0, 0.05) is 29.0 Å². The second-order valence-electron chi connectivity index (χ2n) is 4.44. The van der Waals surface area contributed by atoms with Crippen LogP contribution in [-0.2, 0) is 0 Å². The van der Waals surface area contributed by atoms with Crippen LogP contribution in [-0.4, -0.2) is 4.98 Å². The van der Waals surface area contributed by atoms with E-state index in [2.05, 4.69) is 64.3 Å². The van der Waals surface area contributed by atoms with Crippen molar-refractivity contribution < 1.29 is 0 Å². The Morgan fingerprint density at radius 1 is 0.889 bits per heavy atom. The lowest BCUT2D eigenvalue weighted by Crippen LogP contribution is -2.22. The first-order valence-electron chi connectivity index (χ1n) is 6.08. The van der Waals surface area contributed by atoms with Gasteiger partial charge in [-0.1, -0.05) is 28.1 Å². The van der Waals surface area contributed by atoms with E-state index in [4.69, 9.17) is 0 Å². The van der Waals surface area contributed by atoms with Gasteiger partial charge >= 0.3 is 0 Å². The van der Waals surface area contributed by atoms with Crippen LogP contribution < -0.4 is 5.32 Å². The lowest BCUT2D eigenvalue weighted by Gasteiger charge is -2.20. The summed E-state index contributed by atoms with van der Waals surface area (Å²) in [7, 11) is 0. The molecule has 0 aliphatic rings. The van der Waals surface area contributed by atoms with Crippen molar-refractivity contribution in [1.82, 2.24) is 10.3 Å². The summed E-state index contributed by atoms with van der Waals surface area (Å²) in [6.45, 7) is 4.35. The molecule has 0 fully saturated rings. The summed E-state index contributed by atoms with van der Waals surface area (Å²) in [6.07, 6.45) is 3.66. The first-order chi connectivity index (χ1) is 8.66. The van der Waals surface area contributed by atoms with E-state index in [1.54, 1.807) is 0 Å². The van der Waals surface area contributed by atoms with E-state index in [1.807, 2.05) is 24.5 Å².